The smallest absolute Gasteiger partial charge is 0.139 e. The Balaban J connectivity index is 1.50. The van der Waals surface area contributed by atoms with Crippen molar-refractivity contribution in [1.82, 2.24) is 19.3 Å². The van der Waals surface area contributed by atoms with E-state index in [-0.39, 0.29) is 11.9 Å². The van der Waals surface area contributed by atoms with Crippen LogP contribution in [0.4, 0.5) is 4.39 Å². The van der Waals surface area contributed by atoms with Crippen molar-refractivity contribution in [2.75, 3.05) is 6.54 Å². The van der Waals surface area contributed by atoms with Gasteiger partial charge < -0.3 is 4.90 Å². The van der Waals surface area contributed by atoms with Gasteiger partial charge in [0.15, 0.2) is 0 Å². The van der Waals surface area contributed by atoms with Gasteiger partial charge >= 0.3 is 0 Å². The molecular weight excluding hydrogens is 353 g/mol. The Bertz CT molecular complexity index is 1050. The SMILES string of the molecule is C=C(/C=C\N=C(C)c1cnc2ccc(F)cn12)N1CCCC1c1ccccn1. The molecule has 6 heteroatoms. The van der Waals surface area contributed by atoms with Crippen LogP contribution in [0.2, 0.25) is 0 Å². The quantitative estimate of drug-likeness (QED) is 0.486. The molecule has 5 nitrogen and oxygen atoms in total. The second-order valence-corrected chi connectivity index (χ2v) is 6.85. The second kappa shape index (κ2) is 7.76. The molecule has 0 aliphatic carbocycles. The molecule has 1 aliphatic rings. The van der Waals surface area contributed by atoms with E-state index in [9.17, 15) is 4.39 Å². The largest absolute Gasteiger partial charge is 0.363 e. The fraction of sp³-hybridized carbons (Fsp3) is 0.227. The Hall–Kier alpha value is -3.28. The van der Waals surface area contributed by atoms with Crippen LogP contribution < -0.4 is 0 Å². The van der Waals surface area contributed by atoms with Gasteiger partial charge in [-0.15, -0.1) is 0 Å². The lowest BCUT2D eigenvalue weighted by Gasteiger charge is -2.26. The second-order valence-electron chi connectivity index (χ2n) is 6.85. The summed E-state index contributed by atoms with van der Waals surface area (Å²) in [6, 6.07) is 9.31. The number of nitrogens with zero attached hydrogens (tertiary/aromatic N) is 5. The number of pyridine rings is 2. The molecule has 1 fully saturated rings. The third kappa shape index (κ3) is 3.58. The Morgan fingerprint density at radius 3 is 3.00 bits per heavy atom. The van der Waals surface area contributed by atoms with E-state index in [1.807, 2.05) is 31.3 Å². The predicted octanol–water partition coefficient (Wildman–Crippen LogP) is 4.54. The summed E-state index contributed by atoms with van der Waals surface area (Å²) in [4.78, 5) is 15.6. The van der Waals surface area contributed by atoms with Crippen LogP contribution in [0.15, 0.2) is 78.5 Å². The minimum absolute atomic E-state index is 0.255. The minimum atomic E-state index is -0.307. The molecule has 0 amide bonds. The Morgan fingerprint density at radius 2 is 2.18 bits per heavy atom. The molecule has 1 atom stereocenters. The molecule has 1 aliphatic heterocycles. The number of aromatic nitrogens is 3. The first-order valence-electron chi connectivity index (χ1n) is 9.34. The Labute approximate surface area is 163 Å². The number of hydrogen-bond acceptors (Lipinski definition) is 4. The van der Waals surface area contributed by atoms with Crippen LogP contribution in [0.1, 0.15) is 37.2 Å². The van der Waals surface area contributed by atoms with E-state index in [0.29, 0.717) is 5.65 Å². The molecular formula is C22H22FN5. The lowest BCUT2D eigenvalue weighted by Crippen LogP contribution is -2.21. The van der Waals surface area contributed by atoms with Crippen LogP contribution in [-0.2, 0) is 0 Å². The molecule has 0 spiro atoms. The highest BCUT2D eigenvalue weighted by Gasteiger charge is 2.26. The van der Waals surface area contributed by atoms with E-state index < -0.39 is 0 Å². The van der Waals surface area contributed by atoms with Crippen molar-refractivity contribution >= 4 is 11.4 Å². The molecule has 3 aromatic heterocycles. The Morgan fingerprint density at radius 1 is 1.29 bits per heavy atom. The van der Waals surface area contributed by atoms with E-state index in [0.717, 1.165) is 42.2 Å². The number of imidazole rings is 1. The number of hydrogen-bond donors (Lipinski definition) is 0. The van der Waals surface area contributed by atoms with Crippen LogP contribution in [0.5, 0.6) is 0 Å². The number of halogens is 1. The average Bonchev–Trinajstić information content (AvgIpc) is 3.35. The molecule has 4 heterocycles. The predicted molar refractivity (Wildman–Crippen MR) is 109 cm³/mol. The number of rotatable bonds is 5. The van der Waals surface area contributed by atoms with Crippen LogP contribution >= 0.6 is 0 Å². The third-order valence-electron chi connectivity index (χ3n) is 5.03. The van der Waals surface area contributed by atoms with Gasteiger partial charge in [0.25, 0.3) is 0 Å². The van der Waals surface area contributed by atoms with Gasteiger partial charge in [0.2, 0.25) is 0 Å². The van der Waals surface area contributed by atoms with Crippen molar-refractivity contribution in [3.05, 3.63) is 90.7 Å². The van der Waals surface area contributed by atoms with Crippen LogP contribution in [0.3, 0.4) is 0 Å². The fourth-order valence-corrected chi connectivity index (χ4v) is 3.61. The van der Waals surface area contributed by atoms with Gasteiger partial charge in [-0.1, -0.05) is 12.6 Å². The maximum atomic E-state index is 13.5. The van der Waals surface area contributed by atoms with Gasteiger partial charge in [0.1, 0.15) is 11.5 Å². The summed E-state index contributed by atoms with van der Waals surface area (Å²) >= 11 is 0. The fourth-order valence-electron chi connectivity index (χ4n) is 3.61. The van der Waals surface area contributed by atoms with E-state index >= 15 is 0 Å². The first-order chi connectivity index (χ1) is 13.6. The summed E-state index contributed by atoms with van der Waals surface area (Å²) in [5, 5.41) is 0. The highest BCUT2D eigenvalue weighted by atomic mass is 19.1. The molecule has 1 unspecified atom stereocenters. The van der Waals surface area contributed by atoms with Crippen molar-refractivity contribution < 1.29 is 4.39 Å². The summed E-state index contributed by atoms with van der Waals surface area (Å²) in [6.07, 6.45) is 10.8. The molecule has 0 bridgehead atoms. The standard InChI is InChI=1S/C22H22FN5/c1-16(27-13-5-7-20(27)19-6-3-4-11-25-19)10-12-24-17(2)21-14-26-22-9-8-18(23)15-28(21)22/h3-4,6,8-12,14-15,20H,1,5,7,13H2,2H3/b12-10-,24-17?. The Kier molecular flexibility index (Phi) is 5.02. The molecule has 3 aromatic rings. The zero-order chi connectivity index (χ0) is 19.5. The van der Waals surface area contributed by atoms with Gasteiger partial charge in [-0.2, -0.15) is 0 Å². The van der Waals surface area contributed by atoms with Crippen LogP contribution in [-0.4, -0.2) is 31.5 Å². The number of allylic oxidation sites excluding steroid dienone is 1. The molecule has 28 heavy (non-hydrogen) atoms. The van der Waals surface area contributed by atoms with Gasteiger partial charge in [-0.3, -0.25) is 14.4 Å². The maximum Gasteiger partial charge on any atom is 0.139 e. The normalized spacial score (nSPS) is 17.7. The summed E-state index contributed by atoms with van der Waals surface area (Å²) in [7, 11) is 0. The van der Waals surface area contributed by atoms with Crippen molar-refractivity contribution in [3.8, 4) is 0 Å². The first kappa shape index (κ1) is 18.1. The number of aliphatic imine (C=N–C) groups is 1. The van der Waals surface area contributed by atoms with Crippen LogP contribution in [0.25, 0.3) is 5.65 Å². The maximum absolute atomic E-state index is 13.5. The van der Waals surface area contributed by atoms with Gasteiger partial charge in [0.05, 0.1) is 29.3 Å². The molecule has 0 radical (unpaired) electrons. The van der Waals surface area contributed by atoms with Crippen LogP contribution in [0, 0.1) is 5.82 Å². The summed E-state index contributed by atoms with van der Waals surface area (Å²) in [5.41, 5.74) is 4.19. The number of fused-ring (bicyclic) bond motifs is 1. The average molecular weight is 375 g/mol. The van der Waals surface area contributed by atoms with E-state index in [1.165, 1.54) is 12.3 Å². The van der Waals surface area contributed by atoms with Crippen molar-refractivity contribution in [2.24, 2.45) is 4.99 Å². The minimum Gasteiger partial charge on any atom is -0.363 e. The van der Waals surface area contributed by atoms with E-state index in [2.05, 4.69) is 32.5 Å². The molecule has 1 saturated heterocycles. The molecule has 0 aromatic carbocycles. The monoisotopic (exact) mass is 375 g/mol. The van der Waals surface area contributed by atoms with Crippen molar-refractivity contribution in [2.45, 2.75) is 25.8 Å². The number of likely N-dealkylation sites (tertiary alicyclic amines) is 1. The highest BCUT2D eigenvalue weighted by molar-refractivity contribution is 5.98. The summed E-state index contributed by atoms with van der Waals surface area (Å²) in [5.74, 6) is -0.307. The zero-order valence-electron chi connectivity index (χ0n) is 15.8. The summed E-state index contributed by atoms with van der Waals surface area (Å²) in [6.45, 7) is 7.05. The zero-order valence-corrected chi connectivity index (χ0v) is 15.8. The first-order valence-corrected chi connectivity index (χ1v) is 9.34. The topological polar surface area (TPSA) is 45.8 Å². The van der Waals surface area contributed by atoms with Gasteiger partial charge in [0, 0.05) is 30.8 Å². The summed E-state index contributed by atoms with van der Waals surface area (Å²) < 4.78 is 15.2. The third-order valence-corrected chi connectivity index (χ3v) is 5.03. The van der Waals surface area contributed by atoms with E-state index in [4.69, 9.17) is 0 Å². The molecule has 142 valence electrons. The van der Waals surface area contributed by atoms with Crippen molar-refractivity contribution in [1.29, 1.82) is 0 Å². The molecule has 4 rings (SSSR count). The molecule has 0 saturated carbocycles. The van der Waals surface area contributed by atoms with E-state index in [1.54, 1.807) is 22.9 Å². The van der Waals surface area contributed by atoms with Gasteiger partial charge in [-0.05, 0) is 50.1 Å². The van der Waals surface area contributed by atoms with Crippen molar-refractivity contribution in [3.63, 3.8) is 0 Å². The lowest BCUT2D eigenvalue weighted by molar-refractivity contribution is 0.332. The molecule has 0 N–H and O–H groups in total. The lowest BCUT2D eigenvalue weighted by atomic mass is 10.1. The highest BCUT2D eigenvalue weighted by Crippen LogP contribution is 2.33. The van der Waals surface area contributed by atoms with Gasteiger partial charge in [-0.25, -0.2) is 9.37 Å².